The fourth-order valence-corrected chi connectivity index (χ4v) is 3.22. The van der Waals surface area contributed by atoms with E-state index in [1.807, 2.05) is 25.1 Å². The maximum absolute atomic E-state index is 13.1. The van der Waals surface area contributed by atoms with E-state index in [0.29, 0.717) is 13.1 Å². The van der Waals surface area contributed by atoms with Crippen LogP contribution >= 0.6 is 0 Å². The van der Waals surface area contributed by atoms with Gasteiger partial charge in [0.05, 0.1) is 6.54 Å². The van der Waals surface area contributed by atoms with Gasteiger partial charge in [0.25, 0.3) is 0 Å². The summed E-state index contributed by atoms with van der Waals surface area (Å²) in [5, 5.41) is 3.31. The fraction of sp³-hybridized carbons (Fsp3) is 0.429. The summed E-state index contributed by atoms with van der Waals surface area (Å²) in [7, 11) is 1.99. The van der Waals surface area contributed by atoms with E-state index < -0.39 is 0 Å². The zero-order valence-electron chi connectivity index (χ0n) is 16.2. The molecule has 0 saturated carbocycles. The molecule has 5 nitrogen and oxygen atoms in total. The predicted octanol–water partition coefficient (Wildman–Crippen LogP) is 3.42. The summed E-state index contributed by atoms with van der Waals surface area (Å²) in [4.78, 5) is 13.7. The highest BCUT2D eigenvalue weighted by atomic mass is 19.1. The summed E-state index contributed by atoms with van der Waals surface area (Å²) in [5.41, 5.74) is 2.13. The lowest BCUT2D eigenvalue weighted by atomic mass is 10.2. The van der Waals surface area contributed by atoms with Gasteiger partial charge >= 0.3 is 0 Å². The molecule has 1 aromatic heterocycles. The van der Waals surface area contributed by atoms with Gasteiger partial charge in [-0.3, -0.25) is 0 Å². The Bertz CT molecular complexity index is 736. The van der Waals surface area contributed by atoms with Crippen LogP contribution in [0.1, 0.15) is 30.9 Å². The van der Waals surface area contributed by atoms with Crippen molar-refractivity contribution < 1.29 is 4.39 Å². The molecule has 1 aliphatic heterocycles. The van der Waals surface area contributed by atoms with Crippen molar-refractivity contribution in [3.8, 4) is 0 Å². The van der Waals surface area contributed by atoms with Crippen LogP contribution in [0.4, 0.5) is 10.2 Å². The Morgan fingerprint density at radius 3 is 2.48 bits per heavy atom. The summed E-state index contributed by atoms with van der Waals surface area (Å²) >= 11 is 0. The molecule has 3 rings (SSSR count). The minimum absolute atomic E-state index is 0.216. The molecular formula is C21H28FN5. The highest BCUT2D eigenvalue weighted by molar-refractivity contribution is 5.79. The maximum Gasteiger partial charge on any atom is 0.194 e. The van der Waals surface area contributed by atoms with Gasteiger partial charge in [0, 0.05) is 39.4 Å². The van der Waals surface area contributed by atoms with Crippen LogP contribution < -0.4 is 10.2 Å². The molecule has 2 aromatic rings. The number of hydrogen-bond donors (Lipinski definition) is 1. The van der Waals surface area contributed by atoms with Crippen molar-refractivity contribution in [2.24, 2.45) is 4.99 Å². The number of aliphatic imine (C=N–C) groups is 1. The van der Waals surface area contributed by atoms with Crippen LogP contribution in [-0.4, -0.2) is 42.5 Å². The van der Waals surface area contributed by atoms with E-state index in [0.717, 1.165) is 42.5 Å². The normalized spacial score (nSPS) is 14.5. The van der Waals surface area contributed by atoms with E-state index in [4.69, 9.17) is 4.99 Å². The SMILES string of the molecule is CCNC(=NCc1ccc(N2CCCC2)nc1)N(C)Cc1ccc(F)cc1. The Kier molecular flexibility index (Phi) is 6.63. The number of hydrogen-bond acceptors (Lipinski definition) is 3. The second kappa shape index (κ2) is 9.35. The molecule has 0 aliphatic carbocycles. The summed E-state index contributed by atoms with van der Waals surface area (Å²) in [6.07, 6.45) is 4.42. The van der Waals surface area contributed by atoms with E-state index >= 15 is 0 Å². The topological polar surface area (TPSA) is 43.8 Å². The first-order valence-electron chi connectivity index (χ1n) is 9.59. The number of anilines is 1. The third kappa shape index (κ3) is 5.42. The molecule has 144 valence electrons. The predicted molar refractivity (Wildman–Crippen MR) is 108 cm³/mol. The van der Waals surface area contributed by atoms with Gasteiger partial charge in [-0.05, 0) is 49.1 Å². The lowest BCUT2D eigenvalue weighted by Crippen LogP contribution is -2.38. The van der Waals surface area contributed by atoms with Gasteiger partial charge in [-0.1, -0.05) is 18.2 Å². The van der Waals surface area contributed by atoms with Crippen molar-refractivity contribution in [1.29, 1.82) is 0 Å². The van der Waals surface area contributed by atoms with Gasteiger partial charge in [0.2, 0.25) is 0 Å². The highest BCUT2D eigenvalue weighted by Gasteiger charge is 2.13. The Morgan fingerprint density at radius 1 is 1.15 bits per heavy atom. The van der Waals surface area contributed by atoms with Gasteiger partial charge in [0.15, 0.2) is 5.96 Å². The maximum atomic E-state index is 13.1. The number of halogens is 1. The van der Waals surface area contributed by atoms with Crippen LogP contribution in [0.5, 0.6) is 0 Å². The van der Waals surface area contributed by atoms with Crippen molar-refractivity contribution in [1.82, 2.24) is 15.2 Å². The molecule has 1 N–H and O–H groups in total. The lowest BCUT2D eigenvalue weighted by Gasteiger charge is -2.22. The molecule has 0 spiro atoms. The Labute approximate surface area is 160 Å². The standard InChI is InChI=1S/C21H28FN5/c1-3-23-21(26(2)16-17-6-9-19(22)10-7-17)25-15-18-8-11-20(24-14-18)27-12-4-5-13-27/h6-11,14H,3-5,12-13,15-16H2,1-2H3,(H,23,25). The van der Waals surface area contributed by atoms with Crippen LogP contribution in [0.2, 0.25) is 0 Å². The molecule has 27 heavy (non-hydrogen) atoms. The number of guanidine groups is 1. The number of pyridine rings is 1. The number of nitrogens with one attached hydrogen (secondary N) is 1. The van der Waals surface area contributed by atoms with Gasteiger partial charge in [-0.15, -0.1) is 0 Å². The average Bonchev–Trinajstić information content (AvgIpc) is 3.22. The first kappa shape index (κ1) is 19.1. The Balaban J connectivity index is 1.62. The number of aromatic nitrogens is 1. The Morgan fingerprint density at radius 2 is 1.85 bits per heavy atom. The minimum Gasteiger partial charge on any atom is -0.357 e. The second-order valence-electron chi connectivity index (χ2n) is 6.87. The molecule has 1 aliphatic rings. The van der Waals surface area contributed by atoms with Crippen molar-refractivity contribution in [2.45, 2.75) is 32.9 Å². The molecular weight excluding hydrogens is 341 g/mol. The fourth-order valence-electron chi connectivity index (χ4n) is 3.22. The van der Waals surface area contributed by atoms with E-state index in [-0.39, 0.29) is 5.82 Å². The van der Waals surface area contributed by atoms with Crippen molar-refractivity contribution >= 4 is 11.8 Å². The van der Waals surface area contributed by atoms with Crippen LogP contribution in [-0.2, 0) is 13.1 Å². The average molecular weight is 369 g/mol. The molecule has 1 aromatic carbocycles. The molecule has 0 radical (unpaired) electrons. The summed E-state index contributed by atoms with van der Waals surface area (Å²) in [6, 6.07) is 10.8. The van der Waals surface area contributed by atoms with Crippen LogP contribution in [0, 0.1) is 5.82 Å². The monoisotopic (exact) mass is 369 g/mol. The third-order valence-corrected chi connectivity index (χ3v) is 4.68. The molecule has 6 heteroatoms. The number of nitrogens with zero attached hydrogens (tertiary/aromatic N) is 4. The van der Waals surface area contributed by atoms with E-state index in [9.17, 15) is 4.39 Å². The highest BCUT2D eigenvalue weighted by Crippen LogP contribution is 2.17. The first-order valence-corrected chi connectivity index (χ1v) is 9.59. The van der Waals surface area contributed by atoms with Crippen molar-refractivity contribution in [2.75, 3.05) is 31.6 Å². The molecule has 0 amide bonds. The number of benzene rings is 1. The largest absolute Gasteiger partial charge is 0.357 e. The zero-order chi connectivity index (χ0) is 19.1. The Hall–Kier alpha value is -2.63. The van der Waals surface area contributed by atoms with Crippen molar-refractivity contribution in [3.63, 3.8) is 0 Å². The van der Waals surface area contributed by atoms with Crippen LogP contribution in [0.15, 0.2) is 47.6 Å². The van der Waals surface area contributed by atoms with Crippen LogP contribution in [0.25, 0.3) is 0 Å². The molecule has 2 heterocycles. The van der Waals surface area contributed by atoms with E-state index in [1.54, 1.807) is 12.1 Å². The quantitative estimate of drug-likeness (QED) is 0.626. The molecule has 0 unspecified atom stereocenters. The van der Waals surface area contributed by atoms with Gasteiger partial charge in [-0.25, -0.2) is 14.4 Å². The number of rotatable bonds is 6. The smallest absolute Gasteiger partial charge is 0.194 e. The van der Waals surface area contributed by atoms with Crippen molar-refractivity contribution in [3.05, 3.63) is 59.5 Å². The summed E-state index contributed by atoms with van der Waals surface area (Å²) in [5.74, 6) is 1.66. The van der Waals surface area contributed by atoms with Gasteiger partial charge in [-0.2, -0.15) is 0 Å². The van der Waals surface area contributed by atoms with Gasteiger partial charge < -0.3 is 15.1 Å². The minimum atomic E-state index is -0.216. The summed E-state index contributed by atoms with van der Waals surface area (Å²) in [6.45, 7) is 6.28. The first-order chi connectivity index (χ1) is 13.2. The summed E-state index contributed by atoms with van der Waals surface area (Å²) < 4.78 is 13.1. The molecule has 0 atom stereocenters. The lowest BCUT2D eigenvalue weighted by molar-refractivity contribution is 0.476. The molecule has 1 saturated heterocycles. The third-order valence-electron chi connectivity index (χ3n) is 4.68. The van der Waals surface area contributed by atoms with E-state index in [2.05, 4.69) is 27.3 Å². The molecule has 0 bridgehead atoms. The van der Waals surface area contributed by atoms with Gasteiger partial charge in [0.1, 0.15) is 11.6 Å². The molecule has 1 fully saturated rings. The van der Waals surface area contributed by atoms with Crippen LogP contribution in [0.3, 0.4) is 0 Å². The van der Waals surface area contributed by atoms with E-state index in [1.165, 1.54) is 25.0 Å². The zero-order valence-corrected chi connectivity index (χ0v) is 16.2. The second-order valence-corrected chi connectivity index (χ2v) is 6.87.